The fourth-order valence-corrected chi connectivity index (χ4v) is 4.78. The van der Waals surface area contributed by atoms with Gasteiger partial charge >= 0.3 is 0 Å². The van der Waals surface area contributed by atoms with E-state index in [9.17, 15) is 4.79 Å². The third-order valence-corrected chi connectivity index (χ3v) is 6.58. The maximum Gasteiger partial charge on any atom is 0.223 e. The monoisotopic (exact) mass is 455 g/mol. The van der Waals surface area contributed by atoms with Crippen molar-refractivity contribution in [3.63, 3.8) is 0 Å². The van der Waals surface area contributed by atoms with Crippen LogP contribution in [0.15, 0.2) is 78.9 Å². The molecule has 1 aliphatic rings. The van der Waals surface area contributed by atoms with Crippen LogP contribution < -0.4 is 9.47 Å². The average molecular weight is 456 g/mol. The van der Waals surface area contributed by atoms with E-state index in [4.69, 9.17) is 14.5 Å². The van der Waals surface area contributed by atoms with Crippen LogP contribution in [0, 0.1) is 0 Å². The van der Waals surface area contributed by atoms with Crippen LogP contribution >= 0.6 is 0 Å². The minimum Gasteiger partial charge on any atom is -0.497 e. The summed E-state index contributed by atoms with van der Waals surface area (Å²) in [4.78, 5) is 20.0. The summed E-state index contributed by atoms with van der Waals surface area (Å²) in [5.74, 6) is 2.70. The second-order valence-electron chi connectivity index (χ2n) is 8.67. The molecule has 3 aromatic carbocycles. The zero-order valence-corrected chi connectivity index (χ0v) is 19.6. The van der Waals surface area contributed by atoms with Crippen molar-refractivity contribution < 1.29 is 14.3 Å². The number of imidazole rings is 1. The van der Waals surface area contributed by atoms with Gasteiger partial charge in [0, 0.05) is 24.9 Å². The predicted octanol–water partition coefficient (Wildman–Crippen LogP) is 5.20. The van der Waals surface area contributed by atoms with Gasteiger partial charge < -0.3 is 18.9 Å². The molecule has 0 aliphatic carbocycles. The Labute approximate surface area is 199 Å². The van der Waals surface area contributed by atoms with Gasteiger partial charge in [-0.05, 0) is 36.8 Å². The molecule has 34 heavy (non-hydrogen) atoms. The molecule has 1 amide bonds. The number of carbonyl (C=O) groups excluding carboxylic acids is 1. The standard InChI is InChI=1S/C28H29N3O3/c1-20(21-9-4-3-5-10-21)31-19-22(17-27(31)32)28-29-25-13-6-7-14-26(25)30(28)15-16-34-24-12-8-11-23(18-24)33-2/h3-14,18,20,22H,15-17,19H2,1-2H3. The molecule has 0 spiro atoms. The lowest BCUT2D eigenvalue weighted by molar-refractivity contribution is -0.129. The number of likely N-dealkylation sites (tertiary alicyclic amines) is 1. The molecule has 2 heterocycles. The van der Waals surface area contributed by atoms with E-state index in [1.54, 1.807) is 7.11 Å². The third kappa shape index (κ3) is 4.36. The van der Waals surface area contributed by atoms with E-state index in [2.05, 4.69) is 29.7 Å². The number of rotatable bonds is 8. The molecule has 2 atom stereocenters. The summed E-state index contributed by atoms with van der Waals surface area (Å²) >= 11 is 0. The normalized spacial score (nSPS) is 16.7. The van der Waals surface area contributed by atoms with Crippen molar-refractivity contribution in [1.29, 1.82) is 0 Å². The van der Waals surface area contributed by atoms with Crippen LogP contribution in [0.25, 0.3) is 11.0 Å². The Bertz CT molecular complexity index is 1280. The maximum absolute atomic E-state index is 13.0. The number of hydrogen-bond acceptors (Lipinski definition) is 4. The minimum atomic E-state index is 0.0351. The Kier molecular flexibility index (Phi) is 6.21. The van der Waals surface area contributed by atoms with Crippen molar-refractivity contribution in [2.24, 2.45) is 0 Å². The first kappa shape index (κ1) is 22.0. The maximum atomic E-state index is 13.0. The lowest BCUT2D eigenvalue weighted by Gasteiger charge is -2.25. The summed E-state index contributed by atoms with van der Waals surface area (Å²) in [5.41, 5.74) is 3.16. The molecule has 0 saturated carbocycles. The molecule has 5 rings (SSSR count). The Hall–Kier alpha value is -3.80. The van der Waals surface area contributed by atoms with Crippen LogP contribution in [0.2, 0.25) is 0 Å². The van der Waals surface area contributed by atoms with Crippen molar-refractivity contribution in [2.45, 2.75) is 31.8 Å². The summed E-state index contributed by atoms with van der Waals surface area (Å²) in [6.07, 6.45) is 0.469. The number of hydrogen-bond donors (Lipinski definition) is 0. The van der Waals surface area contributed by atoms with Crippen LogP contribution in [0.1, 0.15) is 36.7 Å². The fourth-order valence-electron chi connectivity index (χ4n) is 4.78. The third-order valence-electron chi connectivity index (χ3n) is 6.58. The molecular weight excluding hydrogens is 426 g/mol. The highest BCUT2D eigenvalue weighted by atomic mass is 16.5. The predicted molar refractivity (Wildman–Crippen MR) is 132 cm³/mol. The number of nitrogens with zero attached hydrogens (tertiary/aromatic N) is 3. The summed E-state index contributed by atoms with van der Waals surface area (Å²) < 4.78 is 13.5. The van der Waals surface area contributed by atoms with Gasteiger partial charge in [0.25, 0.3) is 0 Å². The number of benzene rings is 3. The van der Waals surface area contributed by atoms with Gasteiger partial charge in [-0.1, -0.05) is 48.5 Å². The SMILES string of the molecule is COc1cccc(OCCn2c(C3CC(=O)N(C(C)c4ccccc4)C3)nc3ccccc32)c1. The second kappa shape index (κ2) is 9.59. The molecule has 6 heteroatoms. The second-order valence-corrected chi connectivity index (χ2v) is 8.67. The van der Waals surface area contributed by atoms with Gasteiger partial charge in [0.15, 0.2) is 0 Å². The first-order chi connectivity index (χ1) is 16.6. The Morgan fingerprint density at radius 1 is 1.00 bits per heavy atom. The van der Waals surface area contributed by atoms with Gasteiger partial charge in [0.1, 0.15) is 23.9 Å². The highest BCUT2D eigenvalue weighted by Gasteiger charge is 2.36. The number of aromatic nitrogens is 2. The molecule has 0 bridgehead atoms. The van der Waals surface area contributed by atoms with E-state index in [0.29, 0.717) is 26.1 Å². The first-order valence-electron chi connectivity index (χ1n) is 11.7. The Morgan fingerprint density at radius 2 is 1.76 bits per heavy atom. The van der Waals surface area contributed by atoms with Crippen molar-refractivity contribution >= 4 is 16.9 Å². The van der Waals surface area contributed by atoms with Crippen molar-refractivity contribution in [3.05, 3.63) is 90.3 Å². The highest BCUT2D eigenvalue weighted by molar-refractivity contribution is 5.81. The van der Waals surface area contributed by atoms with Crippen LogP contribution in [-0.2, 0) is 11.3 Å². The Balaban J connectivity index is 1.37. The summed E-state index contributed by atoms with van der Waals surface area (Å²) in [6.45, 7) is 3.90. The van der Waals surface area contributed by atoms with Gasteiger partial charge in [-0.15, -0.1) is 0 Å². The van der Waals surface area contributed by atoms with E-state index in [-0.39, 0.29) is 17.9 Å². The van der Waals surface area contributed by atoms with Crippen molar-refractivity contribution in [2.75, 3.05) is 20.3 Å². The summed E-state index contributed by atoms with van der Waals surface area (Å²) in [6, 6.07) is 26.0. The van der Waals surface area contributed by atoms with E-state index in [1.165, 1.54) is 0 Å². The number of methoxy groups -OCH3 is 1. The van der Waals surface area contributed by atoms with Crippen LogP contribution in [0.4, 0.5) is 0 Å². The number of carbonyl (C=O) groups is 1. The minimum absolute atomic E-state index is 0.0351. The van der Waals surface area contributed by atoms with E-state index in [0.717, 1.165) is 33.9 Å². The van der Waals surface area contributed by atoms with E-state index in [1.807, 2.05) is 65.6 Å². The fraction of sp³-hybridized carbons (Fsp3) is 0.286. The molecule has 1 aromatic heterocycles. The number of ether oxygens (including phenoxy) is 2. The lowest BCUT2D eigenvalue weighted by Crippen LogP contribution is -2.28. The largest absolute Gasteiger partial charge is 0.497 e. The molecule has 174 valence electrons. The number of amides is 1. The molecule has 1 fully saturated rings. The van der Waals surface area contributed by atoms with Gasteiger partial charge in [-0.25, -0.2) is 4.98 Å². The van der Waals surface area contributed by atoms with Crippen molar-refractivity contribution in [1.82, 2.24) is 14.5 Å². The number of para-hydroxylation sites is 2. The van der Waals surface area contributed by atoms with Gasteiger partial charge in [-0.2, -0.15) is 0 Å². The lowest BCUT2D eigenvalue weighted by atomic mass is 10.1. The van der Waals surface area contributed by atoms with Crippen LogP contribution in [0.3, 0.4) is 0 Å². The zero-order valence-electron chi connectivity index (χ0n) is 19.6. The molecule has 2 unspecified atom stereocenters. The number of fused-ring (bicyclic) bond motifs is 1. The molecule has 6 nitrogen and oxygen atoms in total. The smallest absolute Gasteiger partial charge is 0.223 e. The average Bonchev–Trinajstić information content (AvgIpc) is 3.45. The van der Waals surface area contributed by atoms with Gasteiger partial charge in [0.2, 0.25) is 5.91 Å². The zero-order chi connectivity index (χ0) is 23.5. The topological polar surface area (TPSA) is 56.6 Å². The van der Waals surface area contributed by atoms with Gasteiger partial charge in [0.05, 0.1) is 30.7 Å². The summed E-state index contributed by atoms with van der Waals surface area (Å²) in [7, 11) is 1.65. The molecule has 4 aromatic rings. The Morgan fingerprint density at radius 3 is 2.59 bits per heavy atom. The van der Waals surface area contributed by atoms with Crippen molar-refractivity contribution in [3.8, 4) is 11.5 Å². The highest BCUT2D eigenvalue weighted by Crippen LogP contribution is 2.35. The van der Waals surface area contributed by atoms with Gasteiger partial charge in [-0.3, -0.25) is 4.79 Å². The quantitative estimate of drug-likeness (QED) is 0.366. The molecular formula is C28H29N3O3. The van der Waals surface area contributed by atoms with E-state index < -0.39 is 0 Å². The molecule has 0 radical (unpaired) electrons. The first-order valence-corrected chi connectivity index (χ1v) is 11.7. The summed E-state index contributed by atoms with van der Waals surface area (Å²) in [5, 5.41) is 0. The molecule has 0 N–H and O–H groups in total. The van der Waals surface area contributed by atoms with E-state index >= 15 is 0 Å². The van der Waals surface area contributed by atoms with Crippen LogP contribution in [-0.4, -0.2) is 40.6 Å². The molecule has 1 saturated heterocycles. The van der Waals surface area contributed by atoms with Crippen LogP contribution in [0.5, 0.6) is 11.5 Å². The molecule has 1 aliphatic heterocycles.